The Morgan fingerprint density at radius 1 is 1.29 bits per heavy atom. The number of carbonyl (C=O) groups excluding carboxylic acids is 1. The van der Waals surface area contributed by atoms with Crippen LogP contribution in [0.15, 0.2) is 18.5 Å². The second kappa shape index (κ2) is 7.69. The van der Waals surface area contributed by atoms with E-state index >= 15 is 0 Å². The smallest absolute Gasteiger partial charge is 0.228 e. The Morgan fingerprint density at radius 3 is 2.87 bits per heavy atom. The van der Waals surface area contributed by atoms with Crippen molar-refractivity contribution in [2.24, 2.45) is 0 Å². The molecule has 2 aliphatic rings. The van der Waals surface area contributed by atoms with Gasteiger partial charge in [-0.15, -0.1) is 5.10 Å². The van der Waals surface area contributed by atoms with Crippen molar-refractivity contribution in [3.8, 4) is 17.1 Å². The van der Waals surface area contributed by atoms with Crippen LogP contribution in [-0.2, 0) is 4.79 Å². The molecular formula is C19H20F2N8O2. The molecule has 0 saturated carbocycles. The van der Waals surface area contributed by atoms with Crippen LogP contribution in [0.1, 0.15) is 12.8 Å². The molecule has 0 spiro atoms. The SMILES string of the molecule is COc1cc2ncc(-c3nc(NC4CNCC4F)ncc3F)n2nc1N1CCCC1=O. The van der Waals surface area contributed by atoms with E-state index in [0.717, 1.165) is 12.6 Å². The van der Waals surface area contributed by atoms with E-state index in [1.807, 2.05) is 0 Å². The highest BCUT2D eigenvalue weighted by Gasteiger charge is 2.29. The number of ether oxygens (including phenoxy) is 1. The number of nitrogens with one attached hydrogen (secondary N) is 2. The van der Waals surface area contributed by atoms with Gasteiger partial charge < -0.3 is 15.4 Å². The molecule has 0 bridgehead atoms. The minimum absolute atomic E-state index is 0.0391. The van der Waals surface area contributed by atoms with Gasteiger partial charge in [-0.3, -0.25) is 9.69 Å². The zero-order valence-electron chi connectivity index (χ0n) is 16.7. The maximum Gasteiger partial charge on any atom is 0.228 e. The van der Waals surface area contributed by atoms with Gasteiger partial charge in [-0.25, -0.2) is 28.2 Å². The topological polar surface area (TPSA) is 110 Å². The normalized spacial score (nSPS) is 21.3. The molecule has 2 unspecified atom stereocenters. The Morgan fingerprint density at radius 2 is 2.16 bits per heavy atom. The fourth-order valence-electron chi connectivity index (χ4n) is 3.83. The summed E-state index contributed by atoms with van der Waals surface area (Å²) in [5, 5.41) is 10.3. The summed E-state index contributed by atoms with van der Waals surface area (Å²) in [5.74, 6) is 0.101. The molecule has 162 valence electrons. The van der Waals surface area contributed by atoms with Crippen molar-refractivity contribution in [3.63, 3.8) is 0 Å². The Labute approximate surface area is 175 Å². The minimum atomic E-state index is -1.09. The molecule has 3 aromatic heterocycles. The standard InChI is InChI=1S/C19H20F2N8O2/c1-31-14-5-15-23-9-13(29(15)27-18(14)28-4-2-3-16(28)30)17-11(21)7-24-19(26-17)25-12-8-22-6-10(12)20/h5,7,9-10,12,22H,2-4,6,8H2,1H3,(H,24,25,26). The highest BCUT2D eigenvalue weighted by molar-refractivity contribution is 5.95. The van der Waals surface area contributed by atoms with Gasteiger partial charge in [-0.1, -0.05) is 0 Å². The molecule has 0 aromatic carbocycles. The molecular weight excluding hydrogens is 410 g/mol. The molecule has 2 N–H and O–H groups in total. The van der Waals surface area contributed by atoms with Gasteiger partial charge in [0.2, 0.25) is 11.9 Å². The Hall–Kier alpha value is -3.41. The third-order valence-corrected chi connectivity index (χ3v) is 5.43. The van der Waals surface area contributed by atoms with Crippen LogP contribution in [0.2, 0.25) is 0 Å². The lowest BCUT2D eigenvalue weighted by molar-refractivity contribution is -0.117. The first-order chi connectivity index (χ1) is 15.0. The molecule has 10 nitrogen and oxygen atoms in total. The van der Waals surface area contributed by atoms with E-state index in [4.69, 9.17) is 4.74 Å². The van der Waals surface area contributed by atoms with Crippen molar-refractivity contribution in [2.45, 2.75) is 25.1 Å². The van der Waals surface area contributed by atoms with Crippen molar-refractivity contribution in [2.75, 3.05) is 37.0 Å². The maximum absolute atomic E-state index is 14.7. The number of methoxy groups -OCH3 is 1. The summed E-state index contributed by atoms with van der Waals surface area (Å²) in [7, 11) is 1.49. The van der Waals surface area contributed by atoms with Gasteiger partial charge in [0.1, 0.15) is 17.6 Å². The first-order valence-electron chi connectivity index (χ1n) is 9.92. The van der Waals surface area contributed by atoms with Crippen molar-refractivity contribution in [1.29, 1.82) is 0 Å². The zero-order chi connectivity index (χ0) is 21.5. The van der Waals surface area contributed by atoms with Gasteiger partial charge in [0.25, 0.3) is 0 Å². The molecule has 2 atom stereocenters. The number of aromatic nitrogens is 5. The summed E-state index contributed by atoms with van der Waals surface area (Å²) in [5.41, 5.74) is 0.635. The van der Waals surface area contributed by atoms with Crippen molar-refractivity contribution in [1.82, 2.24) is 29.9 Å². The molecule has 2 saturated heterocycles. The van der Waals surface area contributed by atoms with Crippen LogP contribution in [0.25, 0.3) is 17.0 Å². The lowest BCUT2D eigenvalue weighted by atomic mass is 10.2. The van der Waals surface area contributed by atoms with E-state index in [0.29, 0.717) is 36.7 Å². The zero-order valence-corrected chi connectivity index (χ0v) is 16.7. The molecule has 2 aliphatic heterocycles. The molecule has 2 fully saturated rings. The van der Waals surface area contributed by atoms with E-state index in [1.54, 1.807) is 11.0 Å². The van der Waals surface area contributed by atoms with Crippen LogP contribution in [0, 0.1) is 5.82 Å². The second-order valence-corrected chi connectivity index (χ2v) is 7.41. The molecule has 5 heterocycles. The van der Waals surface area contributed by atoms with Gasteiger partial charge in [0.05, 0.1) is 25.5 Å². The lowest BCUT2D eigenvalue weighted by Crippen LogP contribution is -2.30. The number of hydrogen-bond donors (Lipinski definition) is 2. The number of amides is 1. The first-order valence-corrected chi connectivity index (χ1v) is 9.92. The average molecular weight is 430 g/mol. The number of anilines is 2. The number of alkyl halides is 1. The number of imidazole rings is 1. The second-order valence-electron chi connectivity index (χ2n) is 7.41. The maximum atomic E-state index is 14.7. The lowest BCUT2D eigenvalue weighted by Gasteiger charge is -2.18. The third kappa shape index (κ3) is 3.42. The van der Waals surface area contributed by atoms with Gasteiger partial charge in [0, 0.05) is 32.1 Å². The largest absolute Gasteiger partial charge is 0.493 e. The Balaban J connectivity index is 1.57. The quantitative estimate of drug-likeness (QED) is 0.621. The predicted octanol–water partition coefficient (Wildman–Crippen LogP) is 1.18. The summed E-state index contributed by atoms with van der Waals surface area (Å²) in [4.78, 5) is 26.2. The molecule has 1 amide bonds. The Bertz CT molecular complexity index is 1150. The van der Waals surface area contributed by atoms with E-state index in [2.05, 4.69) is 30.7 Å². The van der Waals surface area contributed by atoms with Crippen LogP contribution in [0.3, 0.4) is 0 Å². The van der Waals surface area contributed by atoms with Crippen LogP contribution >= 0.6 is 0 Å². The van der Waals surface area contributed by atoms with Crippen molar-refractivity contribution >= 4 is 23.3 Å². The van der Waals surface area contributed by atoms with E-state index in [1.165, 1.54) is 17.8 Å². The third-order valence-electron chi connectivity index (χ3n) is 5.43. The van der Waals surface area contributed by atoms with Crippen LogP contribution in [0.5, 0.6) is 5.75 Å². The van der Waals surface area contributed by atoms with Crippen LogP contribution < -0.4 is 20.3 Å². The molecule has 0 aliphatic carbocycles. The van der Waals surface area contributed by atoms with E-state index in [-0.39, 0.29) is 29.8 Å². The number of rotatable bonds is 5. The van der Waals surface area contributed by atoms with E-state index in [9.17, 15) is 13.6 Å². The highest BCUT2D eigenvalue weighted by Crippen LogP contribution is 2.32. The van der Waals surface area contributed by atoms with Crippen molar-refractivity contribution in [3.05, 3.63) is 24.3 Å². The monoisotopic (exact) mass is 430 g/mol. The summed E-state index contributed by atoms with van der Waals surface area (Å²) in [6, 6.07) is 1.13. The van der Waals surface area contributed by atoms with E-state index < -0.39 is 18.0 Å². The summed E-state index contributed by atoms with van der Waals surface area (Å²) in [6.07, 6.45) is 2.51. The molecule has 3 aromatic rings. The van der Waals surface area contributed by atoms with Gasteiger partial charge in [-0.2, -0.15) is 0 Å². The Kier molecular flexibility index (Phi) is 4.85. The molecule has 12 heteroatoms. The fourth-order valence-corrected chi connectivity index (χ4v) is 3.83. The van der Waals surface area contributed by atoms with Gasteiger partial charge in [-0.05, 0) is 6.42 Å². The average Bonchev–Trinajstić information content (AvgIpc) is 3.48. The summed E-state index contributed by atoms with van der Waals surface area (Å²) >= 11 is 0. The highest BCUT2D eigenvalue weighted by atomic mass is 19.1. The fraction of sp³-hybridized carbons (Fsp3) is 0.421. The number of carbonyl (C=O) groups is 1. The van der Waals surface area contributed by atoms with Gasteiger partial charge in [0.15, 0.2) is 23.0 Å². The number of halogens is 2. The number of hydrogen-bond acceptors (Lipinski definition) is 8. The first kappa shape index (κ1) is 19.5. The minimum Gasteiger partial charge on any atom is -0.493 e. The van der Waals surface area contributed by atoms with Gasteiger partial charge >= 0.3 is 0 Å². The predicted molar refractivity (Wildman–Crippen MR) is 107 cm³/mol. The molecule has 31 heavy (non-hydrogen) atoms. The van der Waals surface area contributed by atoms with Crippen LogP contribution in [-0.4, -0.2) is 69.4 Å². The molecule has 0 radical (unpaired) electrons. The number of nitrogens with zero attached hydrogens (tertiary/aromatic N) is 6. The number of fused-ring (bicyclic) bond motifs is 1. The van der Waals surface area contributed by atoms with Crippen molar-refractivity contribution < 1.29 is 18.3 Å². The van der Waals surface area contributed by atoms with Crippen LogP contribution in [0.4, 0.5) is 20.5 Å². The molecule has 5 rings (SSSR count). The summed E-state index contributed by atoms with van der Waals surface area (Å²) < 4.78 is 35.4. The summed E-state index contributed by atoms with van der Waals surface area (Å²) in [6.45, 7) is 1.18.